The zero-order valence-electron chi connectivity index (χ0n) is 18.8. The summed E-state index contributed by atoms with van der Waals surface area (Å²) in [5.74, 6) is 1.16. The minimum atomic E-state index is -0.341. The maximum Gasteiger partial charge on any atom is 0.237 e. The Morgan fingerprint density at radius 3 is 2.58 bits per heavy atom. The number of para-hydroxylation sites is 1. The molecule has 2 aromatic carbocycles. The highest BCUT2D eigenvalue weighted by atomic mass is 35.5. The van der Waals surface area contributed by atoms with Crippen molar-refractivity contribution in [3.05, 3.63) is 59.4 Å². The second-order valence-electron chi connectivity index (χ2n) is 8.02. The van der Waals surface area contributed by atoms with Crippen molar-refractivity contribution in [1.29, 1.82) is 0 Å². The maximum atomic E-state index is 12.7. The van der Waals surface area contributed by atoms with E-state index in [0.29, 0.717) is 21.8 Å². The lowest BCUT2D eigenvalue weighted by atomic mass is 10.1. The van der Waals surface area contributed by atoms with Gasteiger partial charge in [-0.25, -0.2) is 0 Å². The quantitative estimate of drug-likeness (QED) is 0.444. The summed E-state index contributed by atoms with van der Waals surface area (Å²) in [5.41, 5.74) is 2.00. The van der Waals surface area contributed by atoms with Crippen LogP contribution < -0.4 is 15.0 Å². The van der Waals surface area contributed by atoms with E-state index in [0.717, 1.165) is 18.8 Å². The summed E-state index contributed by atoms with van der Waals surface area (Å²) in [6.07, 6.45) is 3.79. The average Bonchev–Trinajstić information content (AvgIpc) is 3.18. The summed E-state index contributed by atoms with van der Waals surface area (Å²) in [5, 5.41) is 12.3. The molecule has 1 N–H and O–H groups in total. The van der Waals surface area contributed by atoms with Crippen molar-refractivity contribution in [2.45, 2.75) is 43.2 Å². The van der Waals surface area contributed by atoms with Gasteiger partial charge in [-0.05, 0) is 62.6 Å². The second-order valence-corrected chi connectivity index (χ2v) is 9.74. The van der Waals surface area contributed by atoms with Crippen molar-refractivity contribution >= 4 is 40.6 Å². The molecule has 1 aromatic heterocycles. The molecule has 1 unspecified atom stereocenters. The number of aromatic nitrogens is 3. The summed E-state index contributed by atoms with van der Waals surface area (Å²) in [7, 11) is 1.86. The number of hydrogen-bond acceptors (Lipinski definition) is 6. The summed E-state index contributed by atoms with van der Waals surface area (Å²) in [6.45, 7) is 4.29. The van der Waals surface area contributed by atoms with Gasteiger partial charge in [0.25, 0.3) is 0 Å². The van der Waals surface area contributed by atoms with E-state index in [9.17, 15) is 4.79 Å². The highest BCUT2D eigenvalue weighted by Gasteiger charge is 2.20. The number of piperidine rings is 1. The molecule has 7 nitrogen and oxygen atoms in total. The molecule has 174 valence electrons. The summed E-state index contributed by atoms with van der Waals surface area (Å²) in [6, 6.07) is 15.4. The molecule has 33 heavy (non-hydrogen) atoms. The first-order valence-corrected chi connectivity index (χ1v) is 12.3. The van der Waals surface area contributed by atoms with Crippen LogP contribution in [0, 0.1) is 0 Å². The number of ether oxygens (including phenoxy) is 1. The number of halogens is 1. The molecule has 1 aliphatic heterocycles. The van der Waals surface area contributed by atoms with Crippen molar-refractivity contribution in [3.63, 3.8) is 0 Å². The van der Waals surface area contributed by atoms with Crippen LogP contribution in [-0.4, -0.2) is 39.0 Å². The highest BCUT2D eigenvalue weighted by Crippen LogP contribution is 2.26. The van der Waals surface area contributed by atoms with Crippen LogP contribution in [0.25, 0.3) is 0 Å². The first-order chi connectivity index (χ1) is 16.0. The Bertz CT molecular complexity index is 1080. The summed E-state index contributed by atoms with van der Waals surface area (Å²) in [4.78, 5) is 15.1. The Hall–Kier alpha value is -2.71. The molecule has 0 aliphatic carbocycles. The molecule has 1 atom stereocenters. The SMILES string of the molecule is CC(Sc1nnc(COc2ccccc2Cl)n1C)C(=O)Nc1ccc(N2CCCCC2)cc1. The van der Waals surface area contributed by atoms with Crippen molar-refractivity contribution in [1.82, 2.24) is 14.8 Å². The zero-order chi connectivity index (χ0) is 23.2. The number of nitrogens with zero attached hydrogens (tertiary/aromatic N) is 4. The van der Waals surface area contributed by atoms with E-state index in [4.69, 9.17) is 16.3 Å². The van der Waals surface area contributed by atoms with Gasteiger partial charge in [0.1, 0.15) is 12.4 Å². The van der Waals surface area contributed by atoms with Gasteiger partial charge in [-0.2, -0.15) is 0 Å². The van der Waals surface area contributed by atoms with E-state index in [2.05, 4.69) is 32.5 Å². The topological polar surface area (TPSA) is 72.3 Å². The predicted molar refractivity (Wildman–Crippen MR) is 133 cm³/mol. The van der Waals surface area contributed by atoms with Crippen LogP contribution in [0.15, 0.2) is 53.7 Å². The highest BCUT2D eigenvalue weighted by molar-refractivity contribution is 8.00. The Morgan fingerprint density at radius 2 is 1.85 bits per heavy atom. The fourth-order valence-electron chi connectivity index (χ4n) is 3.64. The lowest BCUT2D eigenvalue weighted by Gasteiger charge is -2.28. The predicted octanol–water partition coefficient (Wildman–Crippen LogP) is 5.16. The van der Waals surface area contributed by atoms with Gasteiger partial charge < -0.3 is 19.5 Å². The molecule has 1 saturated heterocycles. The van der Waals surface area contributed by atoms with Gasteiger partial charge in [-0.1, -0.05) is 35.5 Å². The van der Waals surface area contributed by atoms with Crippen molar-refractivity contribution in [2.24, 2.45) is 7.05 Å². The molecule has 0 radical (unpaired) electrons. The smallest absolute Gasteiger partial charge is 0.237 e. The van der Waals surface area contributed by atoms with E-state index in [1.807, 2.05) is 42.8 Å². The van der Waals surface area contributed by atoms with Crippen molar-refractivity contribution in [3.8, 4) is 5.75 Å². The number of hydrogen-bond donors (Lipinski definition) is 1. The molecular formula is C24H28ClN5O2S. The molecule has 0 spiro atoms. The van der Waals surface area contributed by atoms with E-state index >= 15 is 0 Å². The molecule has 4 rings (SSSR count). The third kappa shape index (κ3) is 6.00. The Morgan fingerprint density at radius 1 is 1.12 bits per heavy atom. The summed E-state index contributed by atoms with van der Waals surface area (Å²) < 4.78 is 7.59. The number of benzene rings is 2. The molecule has 9 heteroatoms. The van der Waals surface area contributed by atoms with E-state index in [1.54, 1.807) is 12.1 Å². The Kier molecular flexibility index (Phi) is 7.77. The van der Waals surface area contributed by atoms with E-state index < -0.39 is 0 Å². The van der Waals surface area contributed by atoms with Gasteiger partial charge >= 0.3 is 0 Å². The average molecular weight is 486 g/mol. The van der Waals surface area contributed by atoms with Gasteiger partial charge in [0, 0.05) is 31.5 Å². The summed E-state index contributed by atoms with van der Waals surface area (Å²) >= 11 is 7.49. The number of rotatable bonds is 8. The first kappa shape index (κ1) is 23.4. The Balaban J connectivity index is 1.31. The molecule has 0 saturated carbocycles. The minimum absolute atomic E-state index is 0.0809. The third-order valence-electron chi connectivity index (χ3n) is 5.63. The molecule has 1 fully saturated rings. The van der Waals surface area contributed by atoms with Gasteiger partial charge in [-0.3, -0.25) is 4.79 Å². The van der Waals surface area contributed by atoms with Gasteiger partial charge in [0.15, 0.2) is 11.0 Å². The Labute approximate surface area is 203 Å². The number of carbonyl (C=O) groups is 1. The molecule has 1 amide bonds. The first-order valence-electron chi connectivity index (χ1n) is 11.1. The molecule has 1 aliphatic rings. The molecule has 0 bridgehead atoms. The van der Waals surface area contributed by atoms with Crippen LogP contribution in [0.3, 0.4) is 0 Å². The van der Waals surface area contributed by atoms with Gasteiger partial charge in [0.05, 0.1) is 10.3 Å². The number of anilines is 2. The number of nitrogens with one attached hydrogen (secondary N) is 1. The van der Waals surface area contributed by atoms with E-state index in [-0.39, 0.29) is 17.8 Å². The standard InChI is InChI=1S/C24H28ClN5O2S/c1-17(23(31)26-18-10-12-19(13-11-18)30-14-6-3-7-15-30)33-24-28-27-22(29(24)2)16-32-21-9-5-4-8-20(21)25/h4-5,8-13,17H,3,6-7,14-16H2,1-2H3,(H,26,31). The largest absolute Gasteiger partial charge is 0.484 e. The molecule has 3 aromatic rings. The fourth-order valence-corrected chi connectivity index (χ4v) is 4.66. The lowest BCUT2D eigenvalue weighted by Crippen LogP contribution is -2.29. The monoisotopic (exact) mass is 485 g/mol. The van der Waals surface area contributed by atoms with Crippen LogP contribution in [-0.2, 0) is 18.4 Å². The van der Waals surface area contributed by atoms with E-state index in [1.165, 1.54) is 36.7 Å². The maximum absolute atomic E-state index is 12.7. The fraction of sp³-hybridized carbons (Fsp3) is 0.375. The minimum Gasteiger partial charge on any atom is -0.484 e. The second kappa shape index (κ2) is 10.9. The third-order valence-corrected chi connectivity index (χ3v) is 7.07. The normalized spacial score (nSPS) is 14.7. The lowest BCUT2D eigenvalue weighted by molar-refractivity contribution is -0.115. The number of amides is 1. The number of thioether (sulfide) groups is 1. The van der Waals surface area contributed by atoms with Gasteiger partial charge in [-0.15, -0.1) is 10.2 Å². The van der Waals surface area contributed by atoms with Crippen molar-refractivity contribution in [2.75, 3.05) is 23.3 Å². The van der Waals surface area contributed by atoms with Crippen LogP contribution in [0.2, 0.25) is 5.02 Å². The van der Waals surface area contributed by atoms with Crippen LogP contribution in [0.1, 0.15) is 32.0 Å². The van der Waals surface area contributed by atoms with Crippen molar-refractivity contribution < 1.29 is 9.53 Å². The van der Waals surface area contributed by atoms with Gasteiger partial charge in [0.2, 0.25) is 5.91 Å². The number of carbonyl (C=O) groups excluding carboxylic acids is 1. The van der Waals surface area contributed by atoms with Crippen LogP contribution in [0.4, 0.5) is 11.4 Å². The zero-order valence-corrected chi connectivity index (χ0v) is 20.4. The molecular weight excluding hydrogens is 458 g/mol. The molecule has 2 heterocycles. The van der Waals surface area contributed by atoms with Crippen LogP contribution >= 0.6 is 23.4 Å². The van der Waals surface area contributed by atoms with Crippen LogP contribution in [0.5, 0.6) is 5.75 Å².